The topological polar surface area (TPSA) is 41.1 Å². The first kappa shape index (κ1) is 12.1. The van der Waals surface area contributed by atoms with Crippen LogP contribution in [0.3, 0.4) is 0 Å². The van der Waals surface area contributed by atoms with Crippen molar-refractivity contribution in [1.29, 1.82) is 0 Å². The largest absolute Gasteiger partial charge is 0.350 e. The van der Waals surface area contributed by atoms with E-state index in [1.165, 1.54) is 11.1 Å². The van der Waals surface area contributed by atoms with Crippen LogP contribution in [0.15, 0.2) is 35.9 Å². The van der Waals surface area contributed by atoms with Gasteiger partial charge in [0.05, 0.1) is 12.6 Å². The van der Waals surface area contributed by atoms with Gasteiger partial charge in [-0.2, -0.15) is 0 Å². The lowest BCUT2D eigenvalue weighted by Crippen LogP contribution is -2.47. The van der Waals surface area contributed by atoms with Gasteiger partial charge in [0.25, 0.3) is 0 Å². The Hall–Kier alpha value is -1.32. The van der Waals surface area contributed by atoms with Crippen LogP contribution in [0.1, 0.15) is 11.1 Å². The summed E-state index contributed by atoms with van der Waals surface area (Å²) in [7, 11) is 0. The molecule has 0 radical (unpaired) electrons. The minimum absolute atomic E-state index is 0.0266. The van der Waals surface area contributed by atoms with Gasteiger partial charge in [0.2, 0.25) is 5.91 Å². The highest BCUT2D eigenvalue weighted by Gasteiger charge is 2.23. The maximum atomic E-state index is 11.8. The zero-order valence-corrected chi connectivity index (χ0v) is 10.3. The number of hydrogen-bond acceptors (Lipinski definition) is 2. The maximum absolute atomic E-state index is 11.8. The number of amides is 1. The number of nitrogens with one attached hydrogen (secondary N) is 2. The molecule has 0 spiro atoms. The molecule has 0 fully saturated rings. The molecule has 4 heteroatoms. The van der Waals surface area contributed by atoms with Crippen LogP contribution < -0.4 is 10.6 Å². The first-order chi connectivity index (χ1) is 8.16. The van der Waals surface area contributed by atoms with E-state index in [9.17, 15) is 4.79 Å². The minimum atomic E-state index is -0.180. The van der Waals surface area contributed by atoms with Gasteiger partial charge in [0.1, 0.15) is 0 Å². The Morgan fingerprint density at radius 2 is 2.18 bits per heavy atom. The smallest absolute Gasteiger partial charge is 0.237 e. The molecule has 0 bridgehead atoms. The summed E-state index contributed by atoms with van der Waals surface area (Å²) in [5, 5.41) is 6.40. The maximum Gasteiger partial charge on any atom is 0.237 e. The first-order valence-corrected chi connectivity index (χ1v) is 5.96. The van der Waals surface area contributed by atoms with Gasteiger partial charge in [-0.15, -0.1) is 0 Å². The van der Waals surface area contributed by atoms with Gasteiger partial charge >= 0.3 is 0 Å². The van der Waals surface area contributed by atoms with Crippen LogP contribution in [0.2, 0.25) is 0 Å². The van der Waals surface area contributed by atoms with Crippen LogP contribution in [0.4, 0.5) is 0 Å². The van der Waals surface area contributed by atoms with E-state index in [1.54, 1.807) is 0 Å². The average Bonchev–Trinajstić information content (AvgIpc) is 2.35. The molecule has 3 nitrogen and oxygen atoms in total. The zero-order valence-electron chi connectivity index (χ0n) is 9.50. The highest BCUT2D eigenvalue weighted by atomic mass is 35.5. The van der Waals surface area contributed by atoms with E-state index in [0.29, 0.717) is 11.6 Å². The Balaban J connectivity index is 1.97. The van der Waals surface area contributed by atoms with Crippen molar-refractivity contribution in [3.8, 4) is 0 Å². The Labute approximate surface area is 106 Å². The van der Waals surface area contributed by atoms with Crippen LogP contribution in [0, 0.1) is 0 Å². The number of carbonyl (C=O) groups excluding carboxylic acids is 1. The average molecular weight is 251 g/mol. The third-order valence-corrected chi connectivity index (χ3v) is 2.99. The third-order valence-electron chi connectivity index (χ3n) is 2.85. The second-order valence-electron chi connectivity index (χ2n) is 4.14. The number of carbonyl (C=O) groups is 1. The number of halogens is 1. The van der Waals surface area contributed by atoms with Crippen LogP contribution in [-0.2, 0) is 17.8 Å². The van der Waals surface area contributed by atoms with Crippen molar-refractivity contribution >= 4 is 17.5 Å². The van der Waals surface area contributed by atoms with Crippen molar-refractivity contribution in [2.75, 3.05) is 6.54 Å². The Bertz CT molecular complexity index is 445. The lowest BCUT2D eigenvalue weighted by Gasteiger charge is -2.25. The van der Waals surface area contributed by atoms with Crippen molar-refractivity contribution in [3.05, 3.63) is 47.0 Å². The molecule has 0 saturated carbocycles. The summed E-state index contributed by atoms with van der Waals surface area (Å²) in [4.78, 5) is 11.8. The van der Waals surface area contributed by atoms with E-state index in [4.69, 9.17) is 11.6 Å². The standard InChI is InChI=1S/C13H15ClN2O/c1-9(14)7-16-13(17)12-6-10-4-2-3-5-11(10)8-15-12/h2-5,12,15H,1,6-8H2,(H,16,17)/t12-/m0/s1. The van der Waals surface area contributed by atoms with E-state index < -0.39 is 0 Å². The monoisotopic (exact) mass is 250 g/mol. The second-order valence-corrected chi connectivity index (χ2v) is 4.68. The molecule has 0 aliphatic carbocycles. The lowest BCUT2D eigenvalue weighted by atomic mass is 9.95. The number of hydrogen-bond donors (Lipinski definition) is 2. The summed E-state index contributed by atoms with van der Waals surface area (Å²) in [5.41, 5.74) is 2.49. The molecule has 1 heterocycles. The van der Waals surface area contributed by atoms with Gasteiger partial charge in [0, 0.05) is 11.6 Å². The van der Waals surface area contributed by atoms with E-state index in [0.717, 1.165) is 13.0 Å². The molecule has 0 aromatic heterocycles. The number of rotatable bonds is 3. The van der Waals surface area contributed by atoms with Gasteiger partial charge in [-0.1, -0.05) is 42.4 Å². The summed E-state index contributed by atoms with van der Waals surface area (Å²) in [6.07, 6.45) is 0.719. The fraction of sp³-hybridized carbons (Fsp3) is 0.308. The fourth-order valence-corrected chi connectivity index (χ4v) is 2.01. The molecule has 0 saturated heterocycles. The highest BCUT2D eigenvalue weighted by Crippen LogP contribution is 2.16. The molecule has 0 unspecified atom stereocenters. The predicted octanol–water partition coefficient (Wildman–Crippen LogP) is 1.57. The molecule has 1 amide bonds. The van der Waals surface area contributed by atoms with Crippen molar-refractivity contribution in [3.63, 3.8) is 0 Å². The summed E-state index contributed by atoms with van der Waals surface area (Å²) in [5.74, 6) is -0.0266. The van der Waals surface area contributed by atoms with Crippen molar-refractivity contribution in [2.24, 2.45) is 0 Å². The zero-order chi connectivity index (χ0) is 12.3. The molecule has 2 rings (SSSR count). The highest BCUT2D eigenvalue weighted by molar-refractivity contribution is 6.29. The molecule has 2 N–H and O–H groups in total. The summed E-state index contributed by atoms with van der Waals surface area (Å²) in [6, 6.07) is 7.98. The normalized spacial score (nSPS) is 18.3. The lowest BCUT2D eigenvalue weighted by molar-refractivity contribution is -0.123. The molecular formula is C13H15ClN2O. The number of fused-ring (bicyclic) bond motifs is 1. The van der Waals surface area contributed by atoms with E-state index in [2.05, 4.69) is 29.3 Å². The van der Waals surface area contributed by atoms with Gasteiger partial charge in [-0.25, -0.2) is 0 Å². The van der Waals surface area contributed by atoms with Gasteiger partial charge in [0.15, 0.2) is 0 Å². The predicted molar refractivity (Wildman–Crippen MR) is 68.8 cm³/mol. The Morgan fingerprint density at radius 1 is 1.47 bits per heavy atom. The van der Waals surface area contributed by atoms with E-state index in [-0.39, 0.29) is 11.9 Å². The summed E-state index contributed by atoms with van der Waals surface area (Å²) in [6.45, 7) is 4.59. The van der Waals surface area contributed by atoms with Crippen molar-refractivity contribution < 1.29 is 4.79 Å². The minimum Gasteiger partial charge on any atom is -0.350 e. The molecule has 90 valence electrons. The second kappa shape index (κ2) is 5.34. The molecule has 1 aliphatic rings. The van der Waals surface area contributed by atoms with Crippen molar-refractivity contribution in [2.45, 2.75) is 19.0 Å². The molecule has 1 aromatic rings. The van der Waals surface area contributed by atoms with Gasteiger partial charge in [-0.3, -0.25) is 4.79 Å². The molecular weight excluding hydrogens is 236 g/mol. The molecule has 1 aromatic carbocycles. The molecule has 1 aliphatic heterocycles. The van der Waals surface area contributed by atoms with Gasteiger partial charge < -0.3 is 10.6 Å². The van der Waals surface area contributed by atoms with Crippen LogP contribution in [0.5, 0.6) is 0 Å². The van der Waals surface area contributed by atoms with Crippen LogP contribution >= 0.6 is 11.6 Å². The molecule has 17 heavy (non-hydrogen) atoms. The quantitative estimate of drug-likeness (QED) is 0.855. The van der Waals surface area contributed by atoms with Gasteiger partial charge in [-0.05, 0) is 17.5 Å². The summed E-state index contributed by atoms with van der Waals surface area (Å²) < 4.78 is 0. The van der Waals surface area contributed by atoms with E-state index in [1.807, 2.05) is 12.1 Å². The van der Waals surface area contributed by atoms with Crippen LogP contribution in [0.25, 0.3) is 0 Å². The number of benzene rings is 1. The SMILES string of the molecule is C=C(Cl)CNC(=O)[C@@H]1Cc2ccccc2CN1. The fourth-order valence-electron chi connectivity index (χ4n) is 1.95. The first-order valence-electron chi connectivity index (χ1n) is 5.58. The summed E-state index contributed by atoms with van der Waals surface area (Å²) >= 11 is 5.61. The Morgan fingerprint density at radius 3 is 2.88 bits per heavy atom. The van der Waals surface area contributed by atoms with Crippen LogP contribution in [-0.4, -0.2) is 18.5 Å². The van der Waals surface area contributed by atoms with E-state index >= 15 is 0 Å². The van der Waals surface area contributed by atoms with Crippen molar-refractivity contribution in [1.82, 2.24) is 10.6 Å². The third kappa shape index (κ3) is 3.08. The Kier molecular flexibility index (Phi) is 3.82. The molecule has 1 atom stereocenters.